The van der Waals surface area contributed by atoms with E-state index in [9.17, 15) is 0 Å². The zero-order chi connectivity index (χ0) is 2.00. The Balaban J connectivity index is -0.00000000500. The molecular formula is CH4Li2O+2. The van der Waals surface area contributed by atoms with Gasteiger partial charge in [0.05, 0.1) is 0 Å². The van der Waals surface area contributed by atoms with Gasteiger partial charge in [-0.15, -0.1) is 0 Å². The fourth-order valence-corrected chi connectivity index (χ4v) is 0. The van der Waals surface area contributed by atoms with Gasteiger partial charge in [-0.05, 0) is 0 Å². The van der Waals surface area contributed by atoms with Crippen molar-refractivity contribution in [2.24, 2.45) is 0 Å². The summed E-state index contributed by atoms with van der Waals surface area (Å²) in [6.07, 6.45) is 0. The molecule has 0 aromatic carbocycles. The van der Waals surface area contributed by atoms with Gasteiger partial charge in [-0.25, -0.2) is 0 Å². The molecule has 1 nitrogen and oxygen atoms in total. The number of hydrogen-bond donors (Lipinski definition) is 1. The summed E-state index contributed by atoms with van der Waals surface area (Å²) in [7, 11) is 1.00. The fourth-order valence-electron chi connectivity index (χ4n) is 0. The van der Waals surface area contributed by atoms with Crippen molar-refractivity contribution < 1.29 is 42.8 Å². The first-order valence-electron chi connectivity index (χ1n) is 0.447. The van der Waals surface area contributed by atoms with E-state index in [1.165, 1.54) is 0 Å². The smallest absolute Gasteiger partial charge is 0.400 e. The van der Waals surface area contributed by atoms with Gasteiger partial charge < -0.3 is 5.11 Å². The van der Waals surface area contributed by atoms with Gasteiger partial charge in [0.1, 0.15) is 0 Å². The molecule has 0 atom stereocenters. The third kappa shape index (κ3) is 11.0. The molecule has 14 valence electrons. The van der Waals surface area contributed by atoms with Gasteiger partial charge in [0.2, 0.25) is 0 Å². The van der Waals surface area contributed by atoms with Crippen LogP contribution in [-0.2, 0) is 0 Å². The molecule has 1 N–H and O–H groups in total. The molecule has 0 fully saturated rings. The standard InChI is InChI=1S/CH4O.2Li/c1-2;;/h2H,1H3;;/q;2*+1. The fraction of sp³-hybridized carbons (Fsp3) is 1.00. The van der Waals surface area contributed by atoms with Crippen molar-refractivity contribution >= 4 is 0 Å². The second-order valence-corrected chi connectivity index (χ2v) is 0. The summed E-state index contributed by atoms with van der Waals surface area (Å²) < 4.78 is 0. The predicted molar refractivity (Wildman–Crippen MR) is 8.14 cm³/mol. The van der Waals surface area contributed by atoms with Crippen LogP contribution in [0.15, 0.2) is 0 Å². The SMILES string of the molecule is CO.[Li+].[Li+]. The second kappa shape index (κ2) is 31.0. The van der Waals surface area contributed by atoms with Gasteiger partial charge in [-0.1, -0.05) is 0 Å². The Kier molecular flexibility index (Phi) is 149. The molecule has 0 unspecified atom stereocenters. The average Bonchev–Trinajstić information content (AvgIpc) is 1.00. The van der Waals surface area contributed by atoms with E-state index in [0.29, 0.717) is 0 Å². The van der Waals surface area contributed by atoms with Crippen LogP contribution in [0.2, 0.25) is 0 Å². The number of aliphatic hydroxyl groups is 1. The van der Waals surface area contributed by atoms with Crippen molar-refractivity contribution in [1.29, 1.82) is 0 Å². The summed E-state index contributed by atoms with van der Waals surface area (Å²) >= 11 is 0. The van der Waals surface area contributed by atoms with E-state index in [1.807, 2.05) is 0 Å². The normalized spacial score (nSPS) is 1.50. The van der Waals surface area contributed by atoms with Gasteiger partial charge >= 0.3 is 37.7 Å². The van der Waals surface area contributed by atoms with Crippen LogP contribution < -0.4 is 37.7 Å². The largest absolute Gasteiger partial charge is 1.00 e. The maximum atomic E-state index is 7.00. The van der Waals surface area contributed by atoms with E-state index in [0.717, 1.165) is 7.11 Å². The molecule has 0 bridgehead atoms. The van der Waals surface area contributed by atoms with Crippen LogP contribution in [0.1, 0.15) is 0 Å². The molecule has 0 heterocycles. The Labute approximate surface area is 50.1 Å². The number of aliphatic hydroxyl groups excluding tert-OH is 1. The van der Waals surface area contributed by atoms with Crippen LogP contribution in [-0.4, -0.2) is 12.2 Å². The first kappa shape index (κ1) is 19.2. The van der Waals surface area contributed by atoms with Crippen molar-refractivity contribution in [3.05, 3.63) is 0 Å². The monoisotopic (exact) mass is 46.1 g/mol. The van der Waals surface area contributed by atoms with Gasteiger partial charge in [0.25, 0.3) is 0 Å². The minimum atomic E-state index is 0. The minimum absolute atomic E-state index is 0. The van der Waals surface area contributed by atoms with E-state index in [4.69, 9.17) is 5.11 Å². The first-order valence-corrected chi connectivity index (χ1v) is 0.447. The topological polar surface area (TPSA) is 20.2 Å². The van der Waals surface area contributed by atoms with Crippen molar-refractivity contribution in [2.75, 3.05) is 7.11 Å². The van der Waals surface area contributed by atoms with Gasteiger partial charge in [0, 0.05) is 7.11 Å². The van der Waals surface area contributed by atoms with E-state index < -0.39 is 0 Å². The Hall–Kier alpha value is 1.15. The average molecular weight is 45.9 g/mol. The predicted octanol–water partition coefficient (Wildman–Crippen LogP) is -6.38. The van der Waals surface area contributed by atoms with Crippen LogP contribution in [0.4, 0.5) is 0 Å². The zero-order valence-corrected chi connectivity index (χ0v) is 3.45. The second-order valence-electron chi connectivity index (χ2n) is 0. The maximum absolute atomic E-state index is 7.00. The summed E-state index contributed by atoms with van der Waals surface area (Å²) in [5.41, 5.74) is 0. The van der Waals surface area contributed by atoms with E-state index >= 15 is 0 Å². The van der Waals surface area contributed by atoms with Crippen molar-refractivity contribution in [3.8, 4) is 0 Å². The van der Waals surface area contributed by atoms with Crippen LogP contribution in [0.25, 0.3) is 0 Å². The quantitative estimate of drug-likeness (QED) is 0.269. The molecular weight excluding hydrogens is 41.9 g/mol. The molecule has 0 aliphatic carbocycles. The van der Waals surface area contributed by atoms with E-state index in [2.05, 4.69) is 0 Å². The molecule has 0 aromatic heterocycles. The summed E-state index contributed by atoms with van der Waals surface area (Å²) in [6.45, 7) is 0. The molecule has 0 aliphatic heterocycles. The van der Waals surface area contributed by atoms with Gasteiger partial charge in [0.15, 0.2) is 0 Å². The van der Waals surface area contributed by atoms with E-state index in [1.54, 1.807) is 0 Å². The van der Waals surface area contributed by atoms with Crippen molar-refractivity contribution in [3.63, 3.8) is 0 Å². The van der Waals surface area contributed by atoms with Crippen LogP contribution in [0.5, 0.6) is 0 Å². The Morgan fingerprint density at radius 1 is 1.00 bits per heavy atom. The zero-order valence-electron chi connectivity index (χ0n) is 3.45. The Morgan fingerprint density at radius 2 is 1.00 bits per heavy atom. The molecule has 0 spiro atoms. The maximum Gasteiger partial charge on any atom is 1.00 e. The molecule has 0 saturated carbocycles. The number of hydrogen-bond acceptors (Lipinski definition) is 1. The minimum Gasteiger partial charge on any atom is -0.400 e. The molecule has 0 saturated heterocycles. The molecule has 0 amide bonds. The third-order valence-corrected chi connectivity index (χ3v) is 0. The van der Waals surface area contributed by atoms with Gasteiger partial charge in [-0.3, -0.25) is 0 Å². The van der Waals surface area contributed by atoms with Crippen LogP contribution in [0, 0.1) is 0 Å². The third-order valence-electron chi connectivity index (χ3n) is 0. The van der Waals surface area contributed by atoms with Crippen molar-refractivity contribution in [2.45, 2.75) is 0 Å². The number of rotatable bonds is 0. The molecule has 0 aliphatic rings. The van der Waals surface area contributed by atoms with Crippen molar-refractivity contribution in [1.82, 2.24) is 0 Å². The summed E-state index contributed by atoms with van der Waals surface area (Å²) in [6, 6.07) is 0. The molecule has 4 heavy (non-hydrogen) atoms. The van der Waals surface area contributed by atoms with Crippen LogP contribution >= 0.6 is 0 Å². The molecule has 0 radical (unpaired) electrons. The summed E-state index contributed by atoms with van der Waals surface area (Å²) in [4.78, 5) is 0. The Morgan fingerprint density at radius 3 is 1.00 bits per heavy atom. The first-order chi connectivity index (χ1) is 1.00. The molecule has 3 heteroatoms. The molecule has 0 rings (SSSR count). The van der Waals surface area contributed by atoms with E-state index in [-0.39, 0.29) is 37.7 Å². The summed E-state index contributed by atoms with van der Waals surface area (Å²) in [5.74, 6) is 0. The van der Waals surface area contributed by atoms with Crippen LogP contribution in [0.3, 0.4) is 0 Å². The van der Waals surface area contributed by atoms with Gasteiger partial charge in [-0.2, -0.15) is 0 Å². The molecule has 0 aromatic rings. The Bertz CT molecular complexity index is 6.00. The summed E-state index contributed by atoms with van der Waals surface area (Å²) in [5, 5.41) is 7.00.